The molecule has 0 radical (unpaired) electrons. The van der Waals surface area contributed by atoms with Crippen molar-refractivity contribution in [3.63, 3.8) is 0 Å². The summed E-state index contributed by atoms with van der Waals surface area (Å²) in [5.74, 6) is 0.662. The molecule has 2 aromatic rings. The molecule has 1 saturated heterocycles. The fourth-order valence-electron chi connectivity index (χ4n) is 3.67. The lowest BCUT2D eigenvalue weighted by molar-refractivity contribution is -0.140. The average molecular weight is 368 g/mol. The summed E-state index contributed by atoms with van der Waals surface area (Å²) in [6, 6.07) is 10.6. The van der Waals surface area contributed by atoms with Crippen LogP contribution in [0.3, 0.4) is 0 Å². The molecule has 0 bridgehead atoms. The van der Waals surface area contributed by atoms with Crippen LogP contribution in [-0.4, -0.2) is 31.9 Å². The number of ether oxygens (including phenoxy) is 5. The molecule has 3 heterocycles. The fourth-order valence-corrected chi connectivity index (χ4v) is 3.67. The van der Waals surface area contributed by atoms with Crippen LogP contribution in [0.15, 0.2) is 36.4 Å². The monoisotopic (exact) mass is 368 g/mol. The zero-order chi connectivity index (χ0) is 18.4. The minimum atomic E-state index is -0.837. The topological polar surface area (TPSA) is 80.3 Å². The van der Waals surface area contributed by atoms with E-state index >= 15 is 0 Å². The van der Waals surface area contributed by atoms with Crippen LogP contribution in [0, 0.1) is 11.8 Å². The van der Waals surface area contributed by atoms with Gasteiger partial charge in [-0.25, -0.2) is 0 Å². The number of fused-ring (bicyclic) bond motifs is 2. The molecule has 2 aromatic carbocycles. The lowest BCUT2D eigenvalue weighted by Crippen LogP contribution is -2.27. The molecule has 0 saturated carbocycles. The molecule has 0 aliphatic carbocycles. The molecule has 0 amide bonds. The highest BCUT2D eigenvalue weighted by atomic mass is 16.7. The number of hydrogen-bond acceptors (Lipinski definition) is 7. The average Bonchev–Trinajstić information content (AvgIpc) is 3.40. The highest BCUT2D eigenvalue weighted by Gasteiger charge is 2.42. The van der Waals surface area contributed by atoms with Crippen LogP contribution in [-0.2, 0) is 16.0 Å². The predicted molar refractivity (Wildman–Crippen MR) is 91.1 cm³/mol. The zero-order valence-corrected chi connectivity index (χ0v) is 14.3. The molecule has 5 rings (SSSR count). The summed E-state index contributed by atoms with van der Waals surface area (Å²) in [5.41, 5.74) is 1.38. The molecule has 0 aromatic heterocycles. The van der Waals surface area contributed by atoms with E-state index in [1.807, 2.05) is 18.2 Å². The van der Waals surface area contributed by atoms with E-state index in [4.69, 9.17) is 23.7 Å². The number of benzene rings is 2. The quantitative estimate of drug-likeness (QED) is 0.466. The first kappa shape index (κ1) is 16.0. The Kier molecular flexibility index (Phi) is 3.67. The van der Waals surface area contributed by atoms with E-state index < -0.39 is 11.9 Å². The highest BCUT2D eigenvalue weighted by molar-refractivity contribution is 6.09. The van der Waals surface area contributed by atoms with Gasteiger partial charge >= 0.3 is 5.97 Å². The number of rotatable bonds is 4. The van der Waals surface area contributed by atoms with Crippen LogP contribution in [0.5, 0.6) is 23.0 Å². The molecule has 3 aliphatic heterocycles. The maximum Gasteiger partial charge on any atom is 0.317 e. The molecule has 27 heavy (non-hydrogen) atoms. The first-order valence-electron chi connectivity index (χ1n) is 8.68. The Hall–Kier alpha value is -3.22. The third-order valence-electron chi connectivity index (χ3n) is 5.04. The molecule has 2 atom stereocenters. The Morgan fingerprint density at radius 2 is 1.52 bits per heavy atom. The van der Waals surface area contributed by atoms with Crippen molar-refractivity contribution in [2.75, 3.05) is 20.2 Å². The van der Waals surface area contributed by atoms with Gasteiger partial charge in [0, 0.05) is 11.5 Å². The van der Waals surface area contributed by atoms with Gasteiger partial charge < -0.3 is 23.7 Å². The van der Waals surface area contributed by atoms with Crippen molar-refractivity contribution >= 4 is 11.8 Å². The van der Waals surface area contributed by atoms with Crippen LogP contribution < -0.4 is 18.9 Å². The summed E-state index contributed by atoms with van der Waals surface area (Å²) in [4.78, 5) is 25.3. The summed E-state index contributed by atoms with van der Waals surface area (Å²) in [6.07, 6.45) is 0.531. The second-order valence-electron chi connectivity index (χ2n) is 6.69. The number of esters is 1. The van der Waals surface area contributed by atoms with E-state index in [-0.39, 0.29) is 31.9 Å². The van der Waals surface area contributed by atoms with E-state index in [0.717, 1.165) is 5.56 Å². The third kappa shape index (κ3) is 2.75. The molecular weight excluding hydrogens is 352 g/mol. The smallest absolute Gasteiger partial charge is 0.317 e. The molecule has 0 unspecified atom stereocenters. The minimum Gasteiger partial charge on any atom is -0.465 e. The standard InChI is InChI=1S/C20H16O7/c21-19(12-2-4-15-17(7-12)27-10-25-15)18-13(8-23-20(18)22)5-11-1-3-14-16(6-11)26-9-24-14/h1-4,6-7,13,18H,5,8-10H2/t13-,18-/m0/s1. The summed E-state index contributed by atoms with van der Waals surface area (Å²) < 4.78 is 26.5. The molecule has 7 nitrogen and oxygen atoms in total. The third-order valence-corrected chi connectivity index (χ3v) is 5.04. The molecule has 138 valence electrons. The Bertz CT molecular complexity index is 936. The van der Waals surface area contributed by atoms with Gasteiger partial charge in [0.05, 0.1) is 6.61 Å². The van der Waals surface area contributed by atoms with E-state index in [9.17, 15) is 9.59 Å². The van der Waals surface area contributed by atoms with Gasteiger partial charge in [-0.3, -0.25) is 9.59 Å². The highest BCUT2D eigenvalue weighted by Crippen LogP contribution is 2.37. The molecule has 3 aliphatic rings. The Labute approximate surface area is 154 Å². The SMILES string of the molecule is O=C1OC[C@H](Cc2ccc3c(c2)OCO3)[C@H]1C(=O)c1ccc2c(c1)OCO2. The van der Waals surface area contributed by atoms with Crippen molar-refractivity contribution in [1.29, 1.82) is 0 Å². The number of carbonyl (C=O) groups excluding carboxylic acids is 2. The molecule has 7 heteroatoms. The Morgan fingerprint density at radius 1 is 0.852 bits per heavy atom. The lowest BCUT2D eigenvalue weighted by Gasteiger charge is -2.15. The van der Waals surface area contributed by atoms with E-state index in [1.54, 1.807) is 18.2 Å². The van der Waals surface area contributed by atoms with Crippen molar-refractivity contribution in [1.82, 2.24) is 0 Å². The minimum absolute atomic E-state index is 0.130. The first-order valence-corrected chi connectivity index (χ1v) is 8.68. The number of cyclic esters (lactones) is 1. The van der Waals surface area contributed by atoms with Crippen molar-refractivity contribution in [3.8, 4) is 23.0 Å². The lowest BCUT2D eigenvalue weighted by atomic mass is 9.84. The van der Waals surface area contributed by atoms with Gasteiger partial charge in [0.1, 0.15) is 5.92 Å². The maximum absolute atomic E-state index is 13.0. The van der Waals surface area contributed by atoms with Crippen LogP contribution in [0.1, 0.15) is 15.9 Å². The number of hydrogen-bond donors (Lipinski definition) is 0. The number of Topliss-reactive ketones (excluding diaryl/α,β-unsaturated/α-hetero) is 1. The van der Waals surface area contributed by atoms with Crippen molar-refractivity contribution in [2.24, 2.45) is 11.8 Å². The molecular formula is C20H16O7. The largest absolute Gasteiger partial charge is 0.465 e. The molecule has 1 fully saturated rings. The van der Waals surface area contributed by atoms with Crippen LogP contribution in [0.4, 0.5) is 0 Å². The van der Waals surface area contributed by atoms with Crippen LogP contribution in [0.25, 0.3) is 0 Å². The normalized spacial score (nSPS) is 22.0. The Morgan fingerprint density at radius 3 is 2.30 bits per heavy atom. The van der Waals surface area contributed by atoms with Crippen LogP contribution >= 0.6 is 0 Å². The van der Waals surface area contributed by atoms with Gasteiger partial charge in [-0.2, -0.15) is 0 Å². The van der Waals surface area contributed by atoms with E-state index in [1.165, 1.54) is 0 Å². The van der Waals surface area contributed by atoms with Crippen molar-refractivity contribution < 1.29 is 33.3 Å². The van der Waals surface area contributed by atoms with Gasteiger partial charge in [0.15, 0.2) is 28.8 Å². The fraction of sp³-hybridized carbons (Fsp3) is 0.300. The van der Waals surface area contributed by atoms with Gasteiger partial charge in [-0.15, -0.1) is 0 Å². The summed E-state index contributed by atoms with van der Waals surface area (Å²) in [6.45, 7) is 0.550. The second-order valence-corrected chi connectivity index (χ2v) is 6.69. The number of ketones is 1. The summed E-state index contributed by atoms with van der Waals surface area (Å²) in [7, 11) is 0. The van der Waals surface area contributed by atoms with Crippen molar-refractivity contribution in [2.45, 2.75) is 6.42 Å². The summed E-state index contributed by atoms with van der Waals surface area (Å²) >= 11 is 0. The molecule has 0 N–H and O–H groups in total. The van der Waals surface area contributed by atoms with Crippen LogP contribution in [0.2, 0.25) is 0 Å². The van der Waals surface area contributed by atoms with E-state index in [2.05, 4.69) is 0 Å². The molecule has 0 spiro atoms. The second kappa shape index (κ2) is 6.19. The predicted octanol–water partition coefficient (Wildman–Crippen LogP) is 2.36. The van der Waals surface area contributed by atoms with Crippen molar-refractivity contribution in [3.05, 3.63) is 47.5 Å². The van der Waals surface area contributed by atoms with E-state index in [0.29, 0.717) is 35.0 Å². The first-order chi connectivity index (χ1) is 13.2. The van der Waals surface area contributed by atoms with Gasteiger partial charge in [0.2, 0.25) is 13.6 Å². The zero-order valence-electron chi connectivity index (χ0n) is 14.3. The number of carbonyl (C=O) groups is 2. The van der Waals surface area contributed by atoms with Gasteiger partial charge in [0.25, 0.3) is 0 Å². The Balaban J connectivity index is 1.38. The van der Waals surface area contributed by atoms with Gasteiger partial charge in [-0.1, -0.05) is 6.07 Å². The maximum atomic E-state index is 13.0. The van der Waals surface area contributed by atoms with Gasteiger partial charge in [-0.05, 0) is 42.3 Å². The summed E-state index contributed by atoms with van der Waals surface area (Å²) in [5, 5.41) is 0.